The van der Waals surface area contributed by atoms with E-state index in [1.165, 1.54) is 0 Å². The number of aliphatic imine (C=N–C) groups is 1. The predicted octanol–water partition coefficient (Wildman–Crippen LogP) is 3.11. The Bertz CT molecular complexity index is 542. The van der Waals surface area contributed by atoms with Gasteiger partial charge in [-0.2, -0.15) is 4.99 Å². The summed E-state index contributed by atoms with van der Waals surface area (Å²) >= 11 is 4.47. The third kappa shape index (κ3) is 4.95. The van der Waals surface area contributed by atoms with Crippen LogP contribution in [0.2, 0.25) is 0 Å². The van der Waals surface area contributed by atoms with Crippen molar-refractivity contribution >= 4 is 34.8 Å². The fraction of sp³-hybridized carbons (Fsp3) is 0.214. The molecule has 4 nitrogen and oxygen atoms in total. The van der Waals surface area contributed by atoms with Crippen molar-refractivity contribution < 1.29 is 14.3 Å². The van der Waals surface area contributed by atoms with Crippen molar-refractivity contribution in [2.24, 2.45) is 4.99 Å². The molecule has 0 radical (unpaired) electrons. The standard InChI is InChI=1S/C14H13NO3S/c1-10(2)13(16)7-8-18-14(17)11-3-5-12(6-4-11)15-9-19/h3-6H,1,7-8H2,2H3. The second-order valence-electron chi connectivity index (χ2n) is 3.84. The zero-order chi connectivity index (χ0) is 14.3. The van der Waals surface area contributed by atoms with E-state index < -0.39 is 5.97 Å². The maximum Gasteiger partial charge on any atom is 0.338 e. The number of benzene rings is 1. The number of esters is 1. The molecule has 0 aromatic heterocycles. The van der Waals surface area contributed by atoms with Crippen LogP contribution in [-0.2, 0) is 9.53 Å². The third-order valence-corrected chi connectivity index (χ3v) is 2.41. The van der Waals surface area contributed by atoms with Crippen LogP contribution < -0.4 is 0 Å². The Balaban J connectivity index is 2.52. The number of nitrogens with zero attached hydrogens (tertiary/aromatic N) is 1. The van der Waals surface area contributed by atoms with Crippen molar-refractivity contribution in [3.8, 4) is 0 Å². The molecule has 0 atom stereocenters. The summed E-state index contributed by atoms with van der Waals surface area (Å²) in [5.41, 5.74) is 1.47. The molecular formula is C14H13NO3S. The van der Waals surface area contributed by atoms with Crippen molar-refractivity contribution in [2.75, 3.05) is 6.61 Å². The van der Waals surface area contributed by atoms with E-state index in [9.17, 15) is 9.59 Å². The normalized spacial score (nSPS) is 9.32. The molecule has 0 fully saturated rings. The van der Waals surface area contributed by atoms with Crippen LogP contribution >= 0.6 is 12.2 Å². The molecule has 0 amide bonds. The summed E-state index contributed by atoms with van der Waals surface area (Å²) in [5, 5.41) is 2.24. The SMILES string of the molecule is C=C(C)C(=O)CCOC(=O)c1ccc(N=C=S)cc1. The van der Waals surface area contributed by atoms with Crippen LogP contribution in [0.1, 0.15) is 23.7 Å². The molecule has 5 heteroatoms. The Morgan fingerprint density at radius 1 is 1.37 bits per heavy atom. The molecule has 0 saturated heterocycles. The number of carbonyl (C=O) groups excluding carboxylic acids is 2. The first kappa shape index (κ1) is 15.0. The van der Waals surface area contributed by atoms with Gasteiger partial charge in [0.15, 0.2) is 5.78 Å². The van der Waals surface area contributed by atoms with Crippen LogP contribution in [0.25, 0.3) is 0 Å². The van der Waals surface area contributed by atoms with Crippen LogP contribution in [-0.4, -0.2) is 23.5 Å². The fourth-order valence-electron chi connectivity index (χ4n) is 1.26. The number of ketones is 1. The summed E-state index contributed by atoms with van der Waals surface area (Å²) in [7, 11) is 0. The van der Waals surface area contributed by atoms with E-state index >= 15 is 0 Å². The molecule has 1 rings (SSSR count). The first-order valence-corrected chi connectivity index (χ1v) is 5.99. The van der Waals surface area contributed by atoms with Gasteiger partial charge in [-0.05, 0) is 49.0 Å². The number of Topliss-reactive ketones (excluding diaryl/α,β-unsaturated/α-hetero) is 1. The molecule has 0 N–H and O–H groups in total. The van der Waals surface area contributed by atoms with E-state index in [0.29, 0.717) is 16.8 Å². The second kappa shape index (κ2) is 7.36. The number of hydrogen-bond acceptors (Lipinski definition) is 5. The average Bonchev–Trinajstić information content (AvgIpc) is 2.39. The van der Waals surface area contributed by atoms with Crippen LogP contribution in [0, 0.1) is 0 Å². The summed E-state index contributed by atoms with van der Waals surface area (Å²) in [4.78, 5) is 26.7. The summed E-state index contributed by atoms with van der Waals surface area (Å²) in [5.74, 6) is -0.592. The third-order valence-electron chi connectivity index (χ3n) is 2.32. The molecule has 0 aliphatic carbocycles. The van der Waals surface area contributed by atoms with E-state index in [1.807, 2.05) is 0 Å². The van der Waals surface area contributed by atoms with Gasteiger partial charge >= 0.3 is 5.97 Å². The highest BCUT2D eigenvalue weighted by molar-refractivity contribution is 7.78. The quantitative estimate of drug-likeness (QED) is 0.346. The Morgan fingerprint density at radius 2 is 2.00 bits per heavy atom. The van der Waals surface area contributed by atoms with Crippen molar-refractivity contribution in [2.45, 2.75) is 13.3 Å². The minimum atomic E-state index is -0.479. The zero-order valence-corrected chi connectivity index (χ0v) is 11.3. The lowest BCUT2D eigenvalue weighted by Gasteiger charge is -2.04. The van der Waals surface area contributed by atoms with E-state index in [4.69, 9.17) is 4.74 Å². The van der Waals surface area contributed by atoms with E-state index in [0.717, 1.165) is 0 Å². The minimum Gasteiger partial charge on any atom is -0.462 e. The van der Waals surface area contributed by atoms with E-state index in [-0.39, 0.29) is 18.8 Å². The molecule has 0 unspecified atom stereocenters. The number of ether oxygens (including phenoxy) is 1. The molecule has 1 aromatic carbocycles. The minimum absolute atomic E-state index is 0.0460. The molecule has 0 heterocycles. The molecule has 19 heavy (non-hydrogen) atoms. The van der Waals surface area contributed by atoms with Gasteiger partial charge in [0.05, 0.1) is 23.0 Å². The molecule has 1 aromatic rings. The van der Waals surface area contributed by atoms with Gasteiger partial charge in [0, 0.05) is 6.42 Å². The van der Waals surface area contributed by atoms with Gasteiger partial charge in [-0.1, -0.05) is 6.58 Å². The molecule has 0 saturated carbocycles. The topological polar surface area (TPSA) is 55.7 Å². The molecular weight excluding hydrogens is 262 g/mol. The first-order chi connectivity index (χ1) is 9.04. The van der Waals surface area contributed by atoms with Gasteiger partial charge in [-0.15, -0.1) is 0 Å². The van der Waals surface area contributed by atoms with Gasteiger partial charge in [0.1, 0.15) is 0 Å². The fourth-order valence-corrected chi connectivity index (χ4v) is 1.36. The number of hydrogen-bond donors (Lipinski definition) is 0. The second-order valence-corrected chi connectivity index (χ2v) is 4.02. The molecule has 0 aliphatic rings. The lowest BCUT2D eigenvalue weighted by atomic mass is 10.2. The van der Waals surface area contributed by atoms with Crippen molar-refractivity contribution in [1.82, 2.24) is 0 Å². The monoisotopic (exact) mass is 275 g/mol. The summed E-state index contributed by atoms with van der Waals surface area (Å²) in [6.07, 6.45) is 0.147. The maximum absolute atomic E-state index is 11.6. The van der Waals surface area contributed by atoms with Gasteiger partial charge in [-0.25, -0.2) is 4.79 Å². The zero-order valence-electron chi connectivity index (χ0n) is 10.5. The van der Waals surface area contributed by atoms with Gasteiger partial charge in [0.25, 0.3) is 0 Å². The van der Waals surface area contributed by atoms with Crippen LogP contribution in [0.15, 0.2) is 41.4 Å². The summed E-state index contributed by atoms with van der Waals surface area (Å²) in [6.45, 7) is 5.19. The summed E-state index contributed by atoms with van der Waals surface area (Å²) < 4.78 is 4.98. The summed E-state index contributed by atoms with van der Waals surface area (Å²) in [6, 6.07) is 6.42. The van der Waals surface area contributed by atoms with Gasteiger partial charge < -0.3 is 4.74 Å². The molecule has 0 spiro atoms. The Kier molecular flexibility index (Phi) is 5.79. The number of thiocarbonyl (C=S) groups is 1. The predicted molar refractivity (Wildman–Crippen MR) is 75.8 cm³/mol. The lowest BCUT2D eigenvalue weighted by molar-refractivity contribution is -0.116. The van der Waals surface area contributed by atoms with Crippen molar-refractivity contribution in [3.63, 3.8) is 0 Å². The van der Waals surface area contributed by atoms with Crippen molar-refractivity contribution in [1.29, 1.82) is 0 Å². The Labute approximate surface area is 116 Å². The highest BCUT2D eigenvalue weighted by atomic mass is 32.1. The molecule has 0 bridgehead atoms. The number of isothiocyanates is 1. The number of rotatable bonds is 6. The molecule has 98 valence electrons. The largest absolute Gasteiger partial charge is 0.462 e. The number of allylic oxidation sites excluding steroid dienone is 1. The number of carbonyl (C=O) groups is 2. The van der Waals surface area contributed by atoms with Crippen LogP contribution in [0.4, 0.5) is 5.69 Å². The van der Waals surface area contributed by atoms with Crippen LogP contribution in [0.5, 0.6) is 0 Å². The Hall–Kier alpha value is -2.10. The molecule has 0 aliphatic heterocycles. The van der Waals surface area contributed by atoms with E-state index in [1.54, 1.807) is 31.2 Å². The first-order valence-electron chi connectivity index (χ1n) is 5.58. The highest BCUT2D eigenvalue weighted by Gasteiger charge is 2.08. The average molecular weight is 275 g/mol. The highest BCUT2D eigenvalue weighted by Crippen LogP contribution is 2.13. The van der Waals surface area contributed by atoms with Crippen molar-refractivity contribution in [3.05, 3.63) is 42.0 Å². The van der Waals surface area contributed by atoms with E-state index in [2.05, 4.69) is 29.0 Å². The lowest BCUT2D eigenvalue weighted by Crippen LogP contribution is -2.10. The van der Waals surface area contributed by atoms with Crippen LogP contribution in [0.3, 0.4) is 0 Å². The Morgan fingerprint density at radius 3 is 2.53 bits per heavy atom. The van der Waals surface area contributed by atoms with Gasteiger partial charge in [-0.3, -0.25) is 4.79 Å². The smallest absolute Gasteiger partial charge is 0.338 e. The maximum atomic E-state index is 11.6. The van der Waals surface area contributed by atoms with Gasteiger partial charge in [0.2, 0.25) is 0 Å².